The maximum absolute atomic E-state index is 13.6. The van der Waals surface area contributed by atoms with Crippen molar-refractivity contribution in [1.29, 1.82) is 0 Å². The highest BCUT2D eigenvalue weighted by molar-refractivity contribution is 6.31. The number of hydrogen-bond acceptors (Lipinski definition) is 2. The van der Waals surface area contributed by atoms with Crippen LogP contribution in [0.4, 0.5) is 20.2 Å². The summed E-state index contributed by atoms with van der Waals surface area (Å²) in [5, 5.41) is 2.19. The number of nitrogens with two attached hydrogens (primary N) is 1. The fourth-order valence-electron chi connectivity index (χ4n) is 1.54. The molecular weight excluding hydrogens is 274 g/mol. The zero-order chi connectivity index (χ0) is 14.0. The zero-order valence-electron chi connectivity index (χ0n) is 9.58. The summed E-state index contributed by atoms with van der Waals surface area (Å²) in [6.07, 6.45) is 0. The number of anilines is 2. The van der Waals surface area contributed by atoms with Gasteiger partial charge in [0.2, 0.25) is 0 Å². The van der Waals surface area contributed by atoms with Crippen LogP contribution in [-0.4, -0.2) is 5.91 Å². The van der Waals surface area contributed by atoms with E-state index in [1.54, 1.807) is 0 Å². The van der Waals surface area contributed by atoms with E-state index >= 15 is 0 Å². The Kier molecular flexibility index (Phi) is 3.66. The van der Waals surface area contributed by atoms with Gasteiger partial charge in [-0.3, -0.25) is 4.79 Å². The second kappa shape index (κ2) is 5.24. The molecule has 3 nitrogen and oxygen atoms in total. The van der Waals surface area contributed by atoms with Crippen molar-refractivity contribution in [2.45, 2.75) is 0 Å². The Morgan fingerprint density at radius 3 is 2.63 bits per heavy atom. The molecule has 3 N–H and O–H groups in total. The first-order valence-corrected chi connectivity index (χ1v) is 5.66. The van der Waals surface area contributed by atoms with Crippen LogP contribution in [0.5, 0.6) is 0 Å². The number of carbonyl (C=O) groups is 1. The molecule has 0 aliphatic heterocycles. The lowest BCUT2D eigenvalue weighted by Gasteiger charge is -2.08. The van der Waals surface area contributed by atoms with Crippen LogP contribution >= 0.6 is 11.6 Å². The summed E-state index contributed by atoms with van der Waals surface area (Å²) in [4.78, 5) is 11.8. The number of hydrogen-bond donors (Lipinski definition) is 2. The van der Waals surface area contributed by atoms with E-state index in [0.717, 1.165) is 12.1 Å². The molecule has 0 atom stereocenters. The number of halogens is 3. The predicted octanol–water partition coefficient (Wildman–Crippen LogP) is 3.45. The molecular formula is C13H9ClF2N2O. The SMILES string of the molecule is Nc1cc(F)cc(C(=O)Nc2cccc(Cl)c2F)c1. The van der Waals surface area contributed by atoms with Crippen molar-refractivity contribution in [2.75, 3.05) is 11.1 Å². The zero-order valence-corrected chi connectivity index (χ0v) is 10.3. The van der Waals surface area contributed by atoms with Gasteiger partial charge in [0, 0.05) is 11.3 Å². The molecule has 0 spiro atoms. The van der Waals surface area contributed by atoms with Gasteiger partial charge in [-0.1, -0.05) is 17.7 Å². The minimum atomic E-state index is -0.748. The molecule has 2 aromatic carbocycles. The molecule has 0 aromatic heterocycles. The molecule has 0 fully saturated rings. The third-order valence-electron chi connectivity index (χ3n) is 2.38. The third-order valence-corrected chi connectivity index (χ3v) is 2.67. The molecule has 0 saturated heterocycles. The fourth-order valence-corrected chi connectivity index (χ4v) is 1.71. The van der Waals surface area contributed by atoms with E-state index < -0.39 is 17.5 Å². The van der Waals surface area contributed by atoms with Crippen LogP contribution < -0.4 is 11.1 Å². The number of amides is 1. The van der Waals surface area contributed by atoms with Crippen LogP contribution in [0.3, 0.4) is 0 Å². The van der Waals surface area contributed by atoms with Crippen molar-refractivity contribution in [3.8, 4) is 0 Å². The number of nitrogen functional groups attached to an aromatic ring is 1. The molecule has 98 valence electrons. The van der Waals surface area contributed by atoms with E-state index in [1.165, 1.54) is 24.3 Å². The minimum Gasteiger partial charge on any atom is -0.399 e. The second-order valence-electron chi connectivity index (χ2n) is 3.83. The lowest BCUT2D eigenvalue weighted by atomic mass is 10.1. The van der Waals surface area contributed by atoms with Crippen LogP contribution in [0, 0.1) is 11.6 Å². The standard InChI is InChI=1S/C13H9ClF2N2O/c14-10-2-1-3-11(12(10)16)18-13(19)7-4-8(15)6-9(17)5-7/h1-6H,17H2,(H,18,19). The van der Waals surface area contributed by atoms with E-state index in [2.05, 4.69) is 5.32 Å². The van der Waals surface area contributed by atoms with Crippen LogP contribution in [0.15, 0.2) is 36.4 Å². The Balaban J connectivity index is 2.28. The van der Waals surface area contributed by atoms with Crippen molar-refractivity contribution in [3.05, 3.63) is 58.6 Å². The molecule has 0 radical (unpaired) electrons. The fraction of sp³-hybridized carbons (Fsp3) is 0. The molecule has 19 heavy (non-hydrogen) atoms. The van der Waals surface area contributed by atoms with Gasteiger partial charge in [-0.05, 0) is 30.3 Å². The summed E-state index contributed by atoms with van der Waals surface area (Å²) in [5.74, 6) is -2.06. The lowest BCUT2D eigenvalue weighted by molar-refractivity contribution is 0.102. The second-order valence-corrected chi connectivity index (χ2v) is 4.24. The number of carbonyl (C=O) groups excluding carboxylic acids is 1. The average Bonchev–Trinajstić information content (AvgIpc) is 2.33. The van der Waals surface area contributed by atoms with E-state index in [9.17, 15) is 13.6 Å². The topological polar surface area (TPSA) is 55.1 Å². The van der Waals surface area contributed by atoms with Crippen LogP contribution in [0.1, 0.15) is 10.4 Å². The van der Waals surface area contributed by atoms with Gasteiger partial charge in [0.05, 0.1) is 10.7 Å². The van der Waals surface area contributed by atoms with E-state index in [1.807, 2.05) is 0 Å². The van der Waals surface area contributed by atoms with Crippen molar-refractivity contribution in [2.24, 2.45) is 0 Å². The maximum Gasteiger partial charge on any atom is 0.255 e. The third kappa shape index (κ3) is 3.00. The normalized spacial score (nSPS) is 10.3. The number of rotatable bonds is 2. The van der Waals surface area contributed by atoms with E-state index in [-0.39, 0.29) is 22.0 Å². The molecule has 0 bridgehead atoms. The van der Waals surface area contributed by atoms with Gasteiger partial charge in [0.15, 0.2) is 5.82 Å². The van der Waals surface area contributed by atoms with Gasteiger partial charge in [0.25, 0.3) is 5.91 Å². The average molecular weight is 283 g/mol. The highest BCUT2D eigenvalue weighted by Crippen LogP contribution is 2.22. The Bertz CT molecular complexity index is 626. The monoisotopic (exact) mass is 282 g/mol. The molecule has 0 unspecified atom stereocenters. The molecule has 6 heteroatoms. The van der Waals surface area contributed by atoms with E-state index in [0.29, 0.717) is 0 Å². The highest BCUT2D eigenvalue weighted by atomic mass is 35.5. The largest absolute Gasteiger partial charge is 0.399 e. The molecule has 2 aromatic rings. The Hall–Kier alpha value is -2.14. The molecule has 0 aliphatic rings. The van der Waals surface area contributed by atoms with Crippen LogP contribution in [-0.2, 0) is 0 Å². The summed E-state index contributed by atoms with van der Waals surface area (Å²) in [6.45, 7) is 0. The first-order valence-electron chi connectivity index (χ1n) is 5.29. The van der Waals surface area contributed by atoms with Gasteiger partial charge in [-0.25, -0.2) is 8.78 Å². The maximum atomic E-state index is 13.6. The minimum absolute atomic E-state index is 0.00289. The smallest absolute Gasteiger partial charge is 0.255 e. The van der Waals surface area contributed by atoms with Gasteiger partial charge in [-0.15, -0.1) is 0 Å². The highest BCUT2D eigenvalue weighted by Gasteiger charge is 2.12. The Morgan fingerprint density at radius 2 is 1.95 bits per heavy atom. The van der Waals surface area contributed by atoms with Gasteiger partial charge < -0.3 is 11.1 Å². The molecule has 2 rings (SSSR count). The first-order chi connectivity index (χ1) is 8.97. The number of benzene rings is 2. The first kappa shape index (κ1) is 13.3. The van der Waals surface area contributed by atoms with Crippen molar-refractivity contribution in [3.63, 3.8) is 0 Å². The van der Waals surface area contributed by atoms with E-state index in [4.69, 9.17) is 17.3 Å². The lowest BCUT2D eigenvalue weighted by Crippen LogP contribution is -2.13. The quantitative estimate of drug-likeness (QED) is 0.829. The molecule has 0 aliphatic carbocycles. The summed E-state index contributed by atoms with van der Waals surface area (Å²) >= 11 is 5.59. The number of nitrogens with one attached hydrogen (secondary N) is 1. The van der Waals surface area contributed by atoms with Crippen molar-refractivity contribution in [1.82, 2.24) is 0 Å². The van der Waals surface area contributed by atoms with Crippen LogP contribution in [0.25, 0.3) is 0 Å². The summed E-state index contributed by atoms with van der Waals surface area (Å²) in [5.41, 5.74) is 5.45. The molecule has 1 amide bonds. The Morgan fingerprint density at radius 1 is 1.21 bits per heavy atom. The Labute approximate surface area is 113 Å². The predicted molar refractivity (Wildman–Crippen MR) is 70.2 cm³/mol. The van der Waals surface area contributed by atoms with Gasteiger partial charge in [0.1, 0.15) is 5.82 Å². The summed E-state index contributed by atoms with van der Waals surface area (Å²) < 4.78 is 26.7. The van der Waals surface area contributed by atoms with Crippen LogP contribution in [0.2, 0.25) is 5.02 Å². The summed E-state index contributed by atoms with van der Waals surface area (Å²) in [6, 6.07) is 7.57. The molecule has 0 heterocycles. The van der Waals surface area contributed by atoms with Crippen molar-refractivity contribution >= 4 is 28.9 Å². The summed E-state index contributed by atoms with van der Waals surface area (Å²) in [7, 11) is 0. The van der Waals surface area contributed by atoms with Gasteiger partial charge in [-0.2, -0.15) is 0 Å². The van der Waals surface area contributed by atoms with Crippen molar-refractivity contribution < 1.29 is 13.6 Å². The van der Waals surface area contributed by atoms with Gasteiger partial charge >= 0.3 is 0 Å². The molecule has 0 saturated carbocycles.